The molecule has 2 aromatic rings. The molecule has 0 aromatic heterocycles. The normalized spacial score (nSPS) is 15.4. The van der Waals surface area contributed by atoms with Crippen LogP contribution in [0.25, 0.3) is 0 Å². The monoisotopic (exact) mass is 456 g/mol. The number of aryl methyl sites for hydroxylation is 1. The standard InChI is InChI=1S/C25H32N2O4S/c1-3-4-5-6-20-7-11-23(12-8-20)26-25(29)22-15-17-27(18-16-22)32(30,31)24-13-9-21(10-14-24)19(2)28/h7-14,22H,3-6,15-18H2,1-2H3,(H,26,29). The second-order valence-electron chi connectivity index (χ2n) is 8.40. The third kappa shape index (κ3) is 6.04. The van der Waals surface area contributed by atoms with Gasteiger partial charge in [-0.15, -0.1) is 0 Å². The lowest BCUT2D eigenvalue weighted by Gasteiger charge is -2.30. The van der Waals surface area contributed by atoms with Crippen LogP contribution in [0.15, 0.2) is 53.4 Å². The van der Waals surface area contributed by atoms with Gasteiger partial charge in [-0.2, -0.15) is 4.31 Å². The van der Waals surface area contributed by atoms with Crippen molar-refractivity contribution in [1.29, 1.82) is 0 Å². The van der Waals surface area contributed by atoms with E-state index in [1.807, 2.05) is 12.1 Å². The number of benzene rings is 2. The number of nitrogens with one attached hydrogen (secondary N) is 1. The molecule has 1 amide bonds. The molecule has 1 N–H and O–H groups in total. The van der Waals surface area contributed by atoms with Gasteiger partial charge in [0.25, 0.3) is 0 Å². The van der Waals surface area contributed by atoms with Crippen LogP contribution in [0.1, 0.15) is 61.9 Å². The minimum atomic E-state index is -3.64. The molecule has 32 heavy (non-hydrogen) atoms. The highest BCUT2D eigenvalue weighted by atomic mass is 32.2. The zero-order valence-corrected chi connectivity index (χ0v) is 19.7. The van der Waals surface area contributed by atoms with E-state index in [1.54, 1.807) is 0 Å². The number of anilines is 1. The molecular formula is C25H32N2O4S. The van der Waals surface area contributed by atoms with Crippen LogP contribution < -0.4 is 5.32 Å². The van der Waals surface area contributed by atoms with Gasteiger partial charge in [-0.05, 0) is 62.4 Å². The Hall–Kier alpha value is -2.51. The third-order valence-corrected chi connectivity index (χ3v) is 7.93. The number of carbonyl (C=O) groups is 2. The molecule has 1 aliphatic rings. The number of ketones is 1. The first kappa shape index (κ1) is 24.1. The van der Waals surface area contributed by atoms with Crippen LogP contribution in [0.5, 0.6) is 0 Å². The number of sulfonamides is 1. The van der Waals surface area contributed by atoms with E-state index < -0.39 is 10.0 Å². The Bertz CT molecular complexity index is 1020. The fourth-order valence-corrected chi connectivity index (χ4v) is 5.42. The number of nitrogens with zero attached hydrogens (tertiary/aromatic N) is 1. The van der Waals surface area contributed by atoms with Crippen molar-refractivity contribution in [3.63, 3.8) is 0 Å². The van der Waals surface area contributed by atoms with Crippen molar-refractivity contribution in [3.8, 4) is 0 Å². The van der Waals surface area contributed by atoms with Crippen molar-refractivity contribution in [2.24, 2.45) is 5.92 Å². The molecule has 0 unspecified atom stereocenters. The second-order valence-corrected chi connectivity index (χ2v) is 10.3. The van der Waals surface area contributed by atoms with E-state index >= 15 is 0 Å². The predicted molar refractivity (Wildman–Crippen MR) is 126 cm³/mol. The summed E-state index contributed by atoms with van der Waals surface area (Å²) in [5.41, 5.74) is 2.52. The summed E-state index contributed by atoms with van der Waals surface area (Å²) in [6.45, 7) is 4.23. The predicted octanol–water partition coefficient (Wildman–Crippen LogP) is 4.66. The first-order chi connectivity index (χ1) is 15.3. The van der Waals surface area contributed by atoms with E-state index in [1.165, 1.54) is 60.3 Å². The summed E-state index contributed by atoms with van der Waals surface area (Å²) >= 11 is 0. The largest absolute Gasteiger partial charge is 0.326 e. The van der Waals surface area contributed by atoms with E-state index in [0.29, 0.717) is 31.5 Å². The number of hydrogen-bond donors (Lipinski definition) is 1. The lowest BCUT2D eigenvalue weighted by atomic mass is 9.97. The first-order valence-corrected chi connectivity index (χ1v) is 12.8. The highest BCUT2D eigenvalue weighted by molar-refractivity contribution is 7.89. The van der Waals surface area contributed by atoms with Crippen molar-refractivity contribution in [2.75, 3.05) is 18.4 Å². The topological polar surface area (TPSA) is 83.6 Å². The number of hydrogen-bond acceptors (Lipinski definition) is 4. The highest BCUT2D eigenvalue weighted by Gasteiger charge is 2.32. The van der Waals surface area contributed by atoms with E-state index in [-0.39, 0.29) is 22.5 Å². The maximum atomic E-state index is 12.9. The van der Waals surface area contributed by atoms with Crippen LogP contribution in [0, 0.1) is 5.92 Å². The molecule has 1 saturated heterocycles. The van der Waals surface area contributed by atoms with Crippen LogP contribution in [-0.2, 0) is 21.2 Å². The fraction of sp³-hybridized carbons (Fsp3) is 0.440. The molecule has 1 heterocycles. The minimum Gasteiger partial charge on any atom is -0.326 e. The van der Waals surface area contributed by atoms with Crippen LogP contribution in [0.4, 0.5) is 5.69 Å². The number of rotatable bonds is 9. The summed E-state index contributed by atoms with van der Waals surface area (Å²) < 4.78 is 27.2. The van der Waals surface area contributed by atoms with Crippen LogP contribution >= 0.6 is 0 Å². The molecule has 2 aromatic carbocycles. The summed E-state index contributed by atoms with van der Waals surface area (Å²) in [4.78, 5) is 24.3. The van der Waals surface area contributed by atoms with Crippen LogP contribution in [0.3, 0.4) is 0 Å². The molecular weight excluding hydrogens is 424 g/mol. The molecule has 0 aliphatic carbocycles. The van der Waals surface area contributed by atoms with E-state index in [9.17, 15) is 18.0 Å². The molecule has 172 valence electrons. The average molecular weight is 457 g/mol. The van der Waals surface area contributed by atoms with Gasteiger partial charge in [0.15, 0.2) is 5.78 Å². The number of carbonyl (C=O) groups excluding carboxylic acids is 2. The van der Waals surface area contributed by atoms with Crippen molar-refractivity contribution < 1.29 is 18.0 Å². The Labute approximate surface area is 191 Å². The Morgan fingerprint density at radius 2 is 1.59 bits per heavy atom. The Morgan fingerprint density at radius 1 is 0.969 bits per heavy atom. The van der Waals surface area contributed by atoms with Gasteiger partial charge in [0.05, 0.1) is 4.90 Å². The summed E-state index contributed by atoms with van der Waals surface area (Å²) in [6.07, 6.45) is 5.59. The smallest absolute Gasteiger partial charge is 0.243 e. The number of amides is 1. The lowest BCUT2D eigenvalue weighted by molar-refractivity contribution is -0.120. The highest BCUT2D eigenvalue weighted by Crippen LogP contribution is 2.25. The van der Waals surface area contributed by atoms with Gasteiger partial charge in [0.1, 0.15) is 0 Å². The molecule has 0 bridgehead atoms. The van der Waals surface area contributed by atoms with Gasteiger partial charge in [-0.1, -0.05) is 44.0 Å². The van der Waals surface area contributed by atoms with E-state index in [2.05, 4.69) is 24.4 Å². The maximum absolute atomic E-state index is 12.9. The van der Waals surface area contributed by atoms with Gasteiger partial charge in [-0.25, -0.2) is 8.42 Å². The van der Waals surface area contributed by atoms with Gasteiger partial charge in [0.2, 0.25) is 15.9 Å². The minimum absolute atomic E-state index is 0.0633. The Balaban J connectivity index is 1.53. The van der Waals surface area contributed by atoms with Gasteiger partial charge < -0.3 is 5.32 Å². The number of unbranched alkanes of at least 4 members (excludes halogenated alkanes) is 2. The fourth-order valence-electron chi connectivity index (χ4n) is 3.95. The summed E-state index contributed by atoms with van der Waals surface area (Å²) in [5.74, 6) is -0.385. The summed E-state index contributed by atoms with van der Waals surface area (Å²) in [5, 5.41) is 2.97. The van der Waals surface area contributed by atoms with Crippen molar-refractivity contribution in [1.82, 2.24) is 4.31 Å². The molecule has 7 heteroatoms. The maximum Gasteiger partial charge on any atom is 0.243 e. The molecule has 0 atom stereocenters. The summed E-state index contributed by atoms with van der Waals surface area (Å²) in [7, 11) is -3.64. The van der Waals surface area contributed by atoms with E-state index in [4.69, 9.17) is 0 Å². The SMILES string of the molecule is CCCCCc1ccc(NC(=O)C2CCN(S(=O)(=O)c3ccc(C(C)=O)cc3)CC2)cc1. The number of piperidine rings is 1. The Morgan fingerprint density at radius 3 is 2.16 bits per heavy atom. The molecule has 6 nitrogen and oxygen atoms in total. The second kappa shape index (κ2) is 10.9. The lowest BCUT2D eigenvalue weighted by Crippen LogP contribution is -2.41. The molecule has 3 rings (SSSR count). The van der Waals surface area contributed by atoms with Gasteiger partial charge in [0, 0.05) is 30.3 Å². The van der Waals surface area contributed by atoms with Gasteiger partial charge >= 0.3 is 0 Å². The van der Waals surface area contributed by atoms with Gasteiger partial charge in [-0.3, -0.25) is 9.59 Å². The van der Waals surface area contributed by atoms with Crippen molar-refractivity contribution in [2.45, 2.75) is 57.3 Å². The summed E-state index contributed by atoms with van der Waals surface area (Å²) in [6, 6.07) is 14.0. The zero-order chi connectivity index (χ0) is 23.1. The van der Waals surface area contributed by atoms with Crippen molar-refractivity contribution in [3.05, 3.63) is 59.7 Å². The Kier molecular flexibility index (Phi) is 8.21. The zero-order valence-electron chi connectivity index (χ0n) is 18.8. The molecule has 0 radical (unpaired) electrons. The molecule has 1 fully saturated rings. The average Bonchev–Trinajstić information content (AvgIpc) is 2.80. The number of Topliss-reactive ketones (excluding diaryl/α,β-unsaturated/α-hetero) is 1. The quantitative estimate of drug-likeness (QED) is 0.439. The molecule has 0 spiro atoms. The molecule has 1 aliphatic heterocycles. The molecule has 0 saturated carbocycles. The third-order valence-electron chi connectivity index (χ3n) is 6.01. The first-order valence-electron chi connectivity index (χ1n) is 11.3. The van der Waals surface area contributed by atoms with Crippen molar-refractivity contribution >= 4 is 27.4 Å². The van der Waals surface area contributed by atoms with E-state index in [0.717, 1.165) is 12.1 Å². The van der Waals surface area contributed by atoms with Crippen LogP contribution in [-0.4, -0.2) is 37.5 Å². The van der Waals surface area contributed by atoms with Crippen LogP contribution in [0.2, 0.25) is 0 Å².